The summed E-state index contributed by atoms with van der Waals surface area (Å²) in [5.41, 5.74) is 6.33. The van der Waals surface area contributed by atoms with Gasteiger partial charge in [0, 0.05) is 47.7 Å². The third kappa shape index (κ3) is 5.19. The molecule has 0 aliphatic carbocycles. The second-order valence-electron chi connectivity index (χ2n) is 9.29. The molecule has 0 bridgehead atoms. The number of nitrogens with one attached hydrogen (secondary N) is 2. The summed E-state index contributed by atoms with van der Waals surface area (Å²) >= 11 is 1.72. The fourth-order valence-corrected chi connectivity index (χ4v) is 5.86. The van der Waals surface area contributed by atoms with Crippen LogP contribution in [-0.4, -0.2) is 64.6 Å². The largest absolute Gasteiger partial charge is 0.378 e. The summed E-state index contributed by atoms with van der Waals surface area (Å²) < 4.78 is 6.68. The number of benzene rings is 2. The Balaban J connectivity index is 1.32. The molecule has 5 aromatic rings. The first-order chi connectivity index (χ1) is 19.1. The number of carbonyl (C=O) groups is 1. The smallest absolute Gasteiger partial charge is 0.267 e. The number of hydrogen-bond acceptors (Lipinski definition) is 9. The molecule has 0 atom stereocenters. The normalized spacial score (nSPS) is 13.9. The summed E-state index contributed by atoms with van der Waals surface area (Å²) in [5, 5.41) is 16.9. The van der Waals surface area contributed by atoms with Gasteiger partial charge in [0.1, 0.15) is 0 Å². The van der Waals surface area contributed by atoms with Crippen molar-refractivity contribution >= 4 is 55.9 Å². The van der Waals surface area contributed by atoms with Gasteiger partial charge in [-0.2, -0.15) is 5.10 Å². The highest BCUT2D eigenvalue weighted by Crippen LogP contribution is 2.36. The van der Waals surface area contributed by atoms with Gasteiger partial charge in [-0.15, -0.1) is 11.3 Å². The van der Waals surface area contributed by atoms with Crippen LogP contribution in [0.5, 0.6) is 0 Å². The van der Waals surface area contributed by atoms with Crippen LogP contribution in [0.4, 0.5) is 11.5 Å². The van der Waals surface area contributed by atoms with Gasteiger partial charge in [0.15, 0.2) is 11.6 Å². The number of amides is 1. The van der Waals surface area contributed by atoms with Crippen LogP contribution in [0.3, 0.4) is 0 Å². The van der Waals surface area contributed by atoms with Crippen molar-refractivity contribution in [3.05, 3.63) is 71.2 Å². The lowest BCUT2D eigenvalue weighted by atomic mass is 10.1. The Labute approximate surface area is 228 Å². The molecule has 3 N–H and O–H groups in total. The molecule has 0 radical (unpaired) electrons. The summed E-state index contributed by atoms with van der Waals surface area (Å²) in [6.07, 6.45) is 4.75. The Morgan fingerprint density at radius 3 is 2.82 bits per heavy atom. The van der Waals surface area contributed by atoms with Crippen LogP contribution in [0.25, 0.3) is 38.6 Å². The summed E-state index contributed by atoms with van der Waals surface area (Å²) in [6.45, 7) is 3.63. The van der Waals surface area contributed by atoms with Gasteiger partial charge < -0.3 is 14.5 Å². The molecule has 11 heteroatoms. The monoisotopic (exact) mass is 541 g/mol. The molecular weight excluding hydrogens is 514 g/mol. The molecule has 0 saturated carbocycles. The topological polar surface area (TPSA) is 120 Å². The summed E-state index contributed by atoms with van der Waals surface area (Å²) in [7, 11) is 2.05. The van der Waals surface area contributed by atoms with Crippen molar-refractivity contribution in [2.45, 2.75) is 6.54 Å². The van der Waals surface area contributed by atoms with E-state index in [1.165, 1.54) is 11.0 Å². The quantitative estimate of drug-likeness (QED) is 0.159. The third-order valence-corrected chi connectivity index (χ3v) is 7.81. The fourth-order valence-electron chi connectivity index (χ4n) is 4.69. The van der Waals surface area contributed by atoms with Crippen molar-refractivity contribution in [2.24, 2.45) is 0 Å². The van der Waals surface area contributed by atoms with E-state index in [-0.39, 0.29) is 0 Å². The first-order valence-corrected chi connectivity index (χ1v) is 13.4. The molecule has 1 aliphatic heterocycles. The maximum atomic E-state index is 11.2. The lowest BCUT2D eigenvalue weighted by molar-refractivity contribution is -0.124. The summed E-state index contributed by atoms with van der Waals surface area (Å²) in [4.78, 5) is 27.0. The molecule has 1 aliphatic rings. The molecule has 198 valence electrons. The molecule has 39 heavy (non-hydrogen) atoms. The predicted octanol–water partition coefficient (Wildman–Crippen LogP) is 4.23. The minimum atomic E-state index is -0.565. The van der Waals surface area contributed by atoms with Crippen LogP contribution in [0.1, 0.15) is 10.4 Å². The number of ether oxygens (including phenoxy) is 1. The van der Waals surface area contributed by atoms with Crippen molar-refractivity contribution in [1.29, 1.82) is 0 Å². The van der Waals surface area contributed by atoms with Gasteiger partial charge in [0.2, 0.25) is 0 Å². The van der Waals surface area contributed by atoms with E-state index in [4.69, 9.17) is 19.9 Å². The van der Waals surface area contributed by atoms with Crippen molar-refractivity contribution in [3.63, 3.8) is 0 Å². The molecule has 3 aromatic heterocycles. The highest BCUT2D eigenvalue weighted by Gasteiger charge is 2.21. The Morgan fingerprint density at radius 1 is 1.21 bits per heavy atom. The van der Waals surface area contributed by atoms with Gasteiger partial charge in [0.05, 0.1) is 41.7 Å². The highest BCUT2D eigenvalue weighted by atomic mass is 32.1. The van der Waals surface area contributed by atoms with E-state index in [0.29, 0.717) is 25.6 Å². The minimum absolute atomic E-state index is 0.565. The van der Waals surface area contributed by atoms with Crippen LogP contribution >= 0.6 is 11.3 Å². The number of thiophene rings is 1. The van der Waals surface area contributed by atoms with Crippen LogP contribution in [0.15, 0.2) is 60.8 Å². The number of nitrogens with zero attached hydrogens (tertiary/aromatic N) is 5. The lowest BCUT2D eigenvalue weighted by Gasteiger charge is -2.28. The number of hydrogen-bond donors (Lipinski definition) is 3. The molecule has 1 fully saturated rings. The molecule has 0 spiro atoms. The Kier molecular flexibility index (Phi) is 6.93. The molecule has 6 rings (SSSR count). The Bertz CT molecular complexity index is 1660. The van der Waals surface area contributed by atoms with Gasteiger partial charge in [-0.25, -0.2) is 15.4 Å². The van der Waals surface area contributed by atoms with Gasteiger partial charge >= 0.3 is 0 Å². The number of hydroxylamine groups is 1. The highest BCUT2D eigenvalue weighted by molar-refractivity contribution is 7.19. The number of fused-ring (bicyclic) bond motifs is 2. The maximum Gasteiger partial charge on any atom is 0.267 e. The number of morpholine rings is 1. The molecule has 0 unspecified atom stereocenters. The minimum Gasteiger partial charge on any atom is -0.378 e. The average Bonchev–Trinajstić information content (AvgIpc) is 3.62. The molecular formula is C28H27N7O3S. The van der Waals surface area contributed by atoms with E-state index >= 15 is 0 Å². The number of anilines is 2. The first kappa shape index (κ1) is 25.0. The van der Waals surface area contributed by atoms with Gasteiger partial charge in [-0.3, -0.25) is 15.1 Å². The van der Waals surface area contributed by atoms with Crippen molar-refractivity contribution in [3.8, 4) is 11.4 Å². The van der Waals surface area contributed by atoms with Crippen molar-refractivity contribution in [2.75, 3.05) is 43.2 Å². The van der Waals surface area contributed by atoms with Gasteiger partial charge in [-0.1, -0.05) is 24.3 Å². The number of carbonyl (C=O) groups excluding carboxylic acids is 1. The second kappa shape index (κ2) is 10.8. The third-order valence-electron chi connectivity index (χ3n) is 6.71. The zero-order chi connectivity index (χ0) is 26.8. The summed E-state index contributed by atoms with van der Waals surface area (Å²) in [6, 6.07) is 16.1. The van der Waals surface area contributed by atoms with E-state index in [9.17, 15) is 4.79 Å². The molecule has 2 aromatic carbocycles. The number of H-pyrrole nitrogens is 1. The van der Waals surface area contributed by atoms with Crippen LogP contribution < -0.4 is 15.3 Å². The molecule has 10 nitrogen and oxygen atoms in total. The number of rotatable bonds is 7. The lowest BCUT2D eigenvalue weighted by Crippen LogP contribution is -2.36. The Hall–Kier alpha value is -4.32. The average molecular weight is 542 g/mol. The van der Waals surface area contributed by atoms with Crippen molar-refractivity contribution in [1.82, 2.24) is 25.6 Å². The van der Waals surface area contributed by atoms with E-state index in [0.717, 1.165) is 56.8 Å². The molecule has 1 saturated heterocycles. The molecule has 1 amide bonds. The Morgan fingerprint density at radius 2 is 2.03 bits per heavy atom. The number of aromatic amines is 1. The second-order valence-corrected chi connectivity index (χ2v) is 10.4. The first-order valence-electron chi connectivity index (χ1n) is 12.6. The van der Waals surface area contributed by atoms with Crippen molar-refractivity contribution < 1.29 is 14.7 Å². The van der Waals surface area contributed by atoms with Crippen LogP contribution in [0.2, 0.25) is 0 Å². The standard InChI is InChI=1S/C28H27N7O3S/c1-34(19-8-5-18(6-9-19)7-10-25(36)33-37)17-20-15-24-26(39-20)28(35-11-13-38-14-12-35)31-27(30-24)21-3-2-4-23-22(21)16-29-32-23/h2-10,15-16,37H,11-14,17H2,1H3,(H,29,32)(H,33,36). The van der Waals surface area contributed by atoms with Gasteiger partial charge in [-0.05, 0) is 35.9 Å². The maximum absolute atomic E-state index is 11.2. The van der Waals surface area contributed by atoms with Gasteiger partial charge in [0.25, 0.3) is 5.91 Å². The van der Waals surface area contributed by atoms with Crippen LogP contribution in [0, 0.1) is 0 Å². The fraction of sp³-hybridized carbons (Fsp3) is 0.214. The molecule has 4 heterocycles. The SMILES string of the molecule is CN(Cc1cc2nc(-c3cccc4[nH]ncc34)nc(N3CCOCC3)c2s1)c1ccc(C=CC(=O)NO)cc1. The van der Waals surface area contributed by atoms with E-state index in [2.05, 4.69) is 26.1 Å². The van der Waals surface area contributed by atoms with E-state index < -0.39 is 5.91 Å². The zero-order valence-electron chi connectivity index (χ0n) is 21.3. The number of aromatic nitrogens is 4. The predicted molar refractivity (Wildman–Crippen MR) is 153 cm³/mol. The van der Waals surface area contributed by atoms with E-state index in [1.807, 2.05) is 55.7 Å². The van der Waals surface area contributed by atoms with E-state index in [1.54, 1.807) is 22.9 Å². The van der Waals surface area contributed by atoms with Crippen LogP contribution in [-0.2, 0) is 16.1 Å². The zero-order valence-corrected chi connectivity index (χ0v) is 22.1. The summed E-state index contributed by atoms with van der Waals surface area (Å²) in [5.74, 6) is 1.07.